The lowest BCUT2D eigenvalue weighted by molar-refractivity contribution is 0.397. The molecule has 2 aromatic rings. The molecular formula is C16H25N5O2S. The van der Waals surface area contributed by atoms with Gasteiger partial charge in [0.15, 0.2) is 0 Å². The summed E-state index contributed by atoms with van der Waals surface area (Å²) in [6.45, 7) is 6.86. The maximum Gasteiger partial charge on any atom is 0.279 e. The number of nitrogens with one attached hydrogen (secondary N) is 1. The van der Waals surface area contributed by atoms with Crippen molar-refractivity contribution in [2.24, 2.45) is 0 Å². The molecule has 2 rings (SSSR count). The molecule has 0 saturated carbocycles. The first-order valence-electron chi connectivity index (χ1n) is 8.20. The van der Waals surface area contributed by atoms with Gasteiger partial charge in [-0.2, -0.15) is 22.5 Å². The van der Waals surface area contributed by atoms with Crippen molar-refractivity contribution in [2.75, 3.05) is 13.1 Å². The monoisotopic (exact) mass is 351 g/mol. The van der Waals surface area contributed by atoms with Crippen molar-refractivity contribution in [3.8, 4) is 5.69 Å². The molecule has 1 aromatic carbocycles. The Morgan fingerprint density at radius 2 is 1.79 bits per heavy atom. The van der Waals surface area contributed by atoms with E-state index in [4.69, 9.17) is 0 Å². The second kappa shape index (κ2) is 8.36. The van der Waals surface area contributed by atoms with Gasteiger partial charge in [-0.05, 0) is 37.5 Å². The van der Waals surface area contributed by atoms with Gasteiger partial charge < -0.3 is 0 Å². The van der Waals surface area contributed by atoms with Crippen molar-refractivity contribution in [1.29, 1.82) is 0 Å². The van der Waals surface area contributed by atoms with E-state index in [-0.39, 0.29) is 6.04 Å². The van der Waals surface area contributed by atoms with Crippen LogP contribution >= 0.6 is 0 Å². The Balaban J connectivity index is 2.09. The standard InChI is InChI=1S/C16H25N5O2S/c1-4-10-20(11-5-2)24(22,23)19-14(3)15-6-8-16(9-7-15)21-13-17-12-18-21/h6-9,12-14,19H,4-5,10-11H2,1-3H3. The summed E-state index contributed by atoms with van der Waals surface area (Å²) in [6.07, 6.45) is 4.68. The summed E-state index contributed by atoms with van der Waals surface area (Å²) in [5.74, 6) is 0. The van der Waals surface area contributed by atoms with E-state index >= 15 is 0 Å². The molecule has 1 heterocycles. The molecular weight excluding hydrogens is 326 g/mol. The van der Waals surface area contributed by atoms with Crippen LogP contribution in [0.25, 0.3) is 5.69 Å². The first kappa shape index (κ1) is 18.6. The van der Waals surface area contributed by atoms with Crippen molar-refractivity contribution >= 4 is 10.2 Å². The molecule has 0 aliphatic carbocycles. The third-order valence-electron chi connectivity index (χ3n) is 3.69. The molecule has 8 heteroatoms. The maximum absolute atomic E-state index is 12.5. The van der Waals surface area contributed by atoms with E-state index < -0.39 is 10.2 Å². The molecule has 7 nitrogen and oxygen atoms in total. The molecule has 24 heavy (non-hydrogen) atoms. The number of aromatic nitrogens is 3. The highest BCUT2D eigenvalue weighted by Crippen LogP contribution is 2.17. The highest BCUT2D eigenvalue weighted by Gasteiger charge is 2.23. The lowest BCUT2D eigenvalue weighted by Crippen LogP contribution is -2.42. The fourth-order valence-corrected chi connectivity index (χ4v) is 4.05. The molecule has 0 bridgehead atoms. The Hall–Kier alpha value is -1.77. The zero-order chi connectivity index (χ0) is 17.6. The molecule has 1 aromatic heterocycles. The minimum absolute atomic E-state index is 0.309. The predicted molar refractivity (Wildman–Crippen MR) is 94.0 cm³/mol. The smallest absolute Gasteiger partial charge is 0.223 e. The van der Waals surface area contributed by atoms with Crippen LogP contribution < -0.4 is 4.72 Å². The molecule has 1 unspecified atom stereocenters. The zero-order valence-electron chi connectivity index (χ0n) is 14.4. The van der Waals surface area contributed by atoms with Crippen LogP contribution in [0.5, 0.6) is 0 Å². The van der Waals surface area contributed by atoms with Crippen LogP contribution in [0.4, 0.5) is 0 Å². The van der Waals surface area contributed by atoms with Crippen molar-refractivity contribution in [3.63, 3.8) is 0 Å². The summed E-state index contributed by atoms with van der Waals surface area (Å²) in [4.78, 5) is 3.91. The molecule has 0 spiro atoms. The van der Waals surface area contributed by atoms with Gasteiger partial charge in [-0.3, -0.25) is 0 Å². The molecule has 132 valence electrons. The van der Waals surface area contributed by atoms with Gasteiger partial charge in [0.05, 0.1) is 5.69 Å². The lowest BCUT2D eigenvalue weighted by atomic mass is 10.1. The molecule has 0 fully saturated rings. The molecule has 0 amide bonds. The van der Waals surface area contributed by atoms with Crippen molar-refractivity contribution in [2.45, 2.75) is 39.7 Å². The number of hydrogen-bond acceptors (Lipinski definition) is 4. The van der Waals surface area contributed by atoms with Crippen LogP contribution in [0.2, 0.25) is 0 Å². The quantitative estimate of drug-likeness (QED) is 0.752. The summed E-state index contributed by atoms with van der Waals surface area (Å²) in [7, 11) is -3.49. The zero-order valence-corrected chi connectivity index (χ0v) is 15.2. The van der Waals surface area contributed by atoms with Gasteiger partial charge in [0.25, 0.3) is 10.2 Å². The van der Waals surface area contributed by atoms with Gasteiger partial charge in [0, 0.05) is 19.1 Å². The van der Waals surface area contributed by atoms with Crippen LogP contribution in [0.3, 0.4) is 0 Å². The Bertz CT molecular complexity index is 707. The van der Waals surface area contributed by atoms with Gasteiger partial charge >= 0.3 is 0 Å². The summed E-state index contributed by atoms with van der Waals surface area (Å²) in [6, 6.07) is 7.27. The van der Waals surface area contributed by atoms with E-state index in [1.807, 2.05) is 45.0 Å². The maximum atomic E-state index is 12.5. The van der Waals surface area contributed by atoms with Crippen molar-refractivity contribution in [3.05, 3.63) is 42.5 Å². The van der Waals surface area contributed by atoms with E-state index in [2.05, 4.69) is 14.8 Å². The number of rotatable bonds is 9. The van der Waals surface area contributed by atoms with Crippen LogP contribution in [0.15, 0.2) is 36.9 Å². The Morgan fingerprint density at radius 1 is 1.17 bits per heavy atom. The topological polar surface area (TPSA) is 80.1 Å². The molecule has 0 radical (unpaired) electrons. The average molecular weight is 351 g/mol. The molecule has 1 atom stereocenters. The normalized spacial score (nSPS) is 13.3. The van der Waals surface area contributed by atoms with Gasteiger partial charge in [-0.15, -0.1) is 0 Å². The van der Waals surface area contributed by atoms with E-state index in [0.717, 1.165) is 24.1 Å². The van der Waals surface area contributed by atoms with Gasteiger partial charge in [0.2, 0.25) is 0 Å². The molecule has 0 aliphatic heterocycles. The fraction of sp³-hybridized carbons (Fsp3) is 0.500. The van der Waals surface area contributed by atoms with Crippen molar-refractivity contribution in [1.82, 2.24) is 23.8 Å². The second-order valence-electron chi connectivity index (χ2n) is 5.68. The van der Waals surface area contributed by atoms with Crippen LogP contribution in [-0.4, -0.2) is 40.6 Å². The van der Waals surface area contributed by atoms with Gasteiger partial charge in [0.1, 0.15) is 12.7 Å². The number of nitrogens with zero attached hydrogens (tertiary/aromatic N) is 4. The van der Waals surface area contributed by atoms with Crippen molar-refractivity contribution < 1.29 is 8.42 Å². The summed E-state index contributed by atoms with van der Waals surface area (Å²) < 4.78 is 31.0. The van der Waals surface area contributed by atoms with E-state index in [0.29, 0.717) is 13.1 Å². The predicted octanol–water partition coefficient (Wildman–Crippen LogP) is 2.28. The molecule has 0 saturated heterocycles. The molecule has 1 N–H and O–H groups in total. The first-order chi connectivity index (χ1) is 11.5. The highest BCUT2D eigenvalue weighted by molar-refractivity contribution is 7.87. The second-order valence-corrected chi connectivity index (χ2v) is 7.38. The van der Waals surface area contributed by atoms with E-state index in [1.165, 1.54) is 10.6 Å². The Kier molecular flexibility index (Phi) is 6.47. The third-order valence-corrected chi connectivity index (χ3v) is 5.38. The fourth-order valence-electron chi connectivity index (χ4n) is 2.47. The third kappa shape index (κ3) is 4.62. The summed E-state index contributed by atoms with van der Waals surface area (Å²) in [5, 5.41) is 4.07. The minimum Gasteiger partial charge on any atom is -0.223 e. The van der Waals surface area contributed by atoms with Gasteiger partial charge in [-0.1, -0.05) is 26.0 Å². The van der Waals surface area contributed by atoms with Crippen LogP contribution in [0.1, 0.15) is 45.2 Å². The van der Waals surface area contributed by atoms with E-state index in [1.54, 1.807) is 11.0 Å². The van der Waals surface area contributed by atoms with Crippen LogP contribution in [0, 0.1) is 0 Å². The summed E-state index contributed by atoms with van der Waals surface area (Å²) in [5.41, 5.74) is 1.78. The number of hydrogen-bond donors (Lipinski definition) is 1. The molecule has 0 aliphatic rings. The highest BCUT2D eigenvalue weighted by atomic mass is 32.2. The first-order valence-corrected chi connectivity index (χ1v) is 9.64. The minimum atomic E-state index is -3.49. The SMILES string of the molecule is CCCN(CCC)S(=O)(=O)NC(C)c1ccc(-n2cncn2)cc1. The largest absolute Gasteiger partial charge is 0.279 e. The Morgan fingerprint density at radius 3 is 2.29 bits per heavy atom. The lowest BCUT2D eigenvalue weighted by Gasteiger charge is -2.24. The van der Waals surface area contributed by atoms with Crippen LogP contribution in [-0.2, 0) is 10.2 Å². The van der Waals surface area contributed by atoms with Gasteiger partial charge in [-0.25, -0.2) is 9.67 Å². The number of benzene rings is 1. The summed E-state index contributed by atoms with van der Waals surface area (Å²) >= 11 is 0. The average Bonchev–Trinajstić information content (AvgIpc) is 3.09. The Labute approximate surface area is 143 Å². The van der Waals surface area contributed by atoms with E-state index in [9.17, 15) is 8.42 Å².